The Morgan fingerprint density at radius 1 is 1.22 bits per heavy atom. The van der Waals surface area contributed by atoms with E-state index in [0.29, 0.717) is 22.7 Å². The third-order valence-electron chi connectivity index (χ3n) is 4.40. The highest BCUT2D eigenvalue weighted by atomic mass is 35.5. The van der Waals surface area contributed by atoms with Gasteiger partial charge >= 0.3 is 6.18 Å². The number of nitro benzene ring substituents is 1. The second kappa shape index (κ2) is 9.05. The van der Waals surface area contributed by atoms with Gasteiger partial charge in [-0.15, -0.1) is 0 Å². The maximum Gasteiger partial charge on any atom is 0.416 e. The van der Waals surface area contributed by atoms with Gasteiger partial charge in [-0.05, 0) is 30.7 Å². The number of rotatable bonds is 6. The molecular weight excluding hydrogens is 474 g/mol. The molecule has 1 heterocycles. The van der Waals surface area contributed by atoms with Gasteiger partial charge in [0.2, 0.25) is 0 Å². The van der Waals surface area contributed by atoms with E-state index in [2.05, 4.69) is 16.0 Å². The van der Waals surface area contributed by atoms with Gasteiger partial charge in [-0.25, -0.2) is 4.68 Å². The summed E-state index contributed by atoms with van der Waals surface area (Å²) >= 11 is 12.4. The van der Waals surface area contributed by atoms with Crippen molar-refractivity contribution in [1.29, 1.82) is 0 Å². The minimum absolute atomic E-state index is 0.0105. The van der Waals surface area contributed by atoms with Crippen LogP contribution in [0.1, 0.15) is 27.2 Å². The van der Waals surface area contributed by atoms with E-state index >= 15 is 0 Å². The first kappa shape index (κ1) is 23.4. The molecular formula is C19H14Cl2F3N5O3. The molecule has 0 saturated carbocycles. The van der Waals surface area contributed by atoms with Crippen molar-refractivity contribution in [3.63, 3.8) is 0 Å². The van der Waals surface area contributed by atoms with Crippen LogP contribution in [0.15, 0.2) is 42.5 Å². The van der Waals surface area contributed by atoms with Crippen molar-refractivity contribution in [3.05, 3.63) is 85.1 Å². The molecule has 0 fully saturated rings. The van der Waals surface area contributed by atoms with E-state index in [1.54, 1.807) is 24.3 Å². The fourth-order valence-electron chi connectivity index (χ4n) is 2.86. The van der Waals surface area contributed by atoms with Crippen LogP contribution in [0.5, 0.6) is 0 Å². The third kappa shape index (κ3) is 4.94. The summed E-state index contributed by atoms with van der Waals surface area (Å²) in [5, 5.41) is 15.9. The summed E-state index contributed by atoms with van der Waals surface area (Å²) in [7, 11) is 0. The van der Waals surface area contributed by atoms with Crippen LogP contribution in [-0.2, 0) is 12.7 Å². The van der Waals surface area contributed by atoms with Gasteiger partial charge < -0.3 is 0 Å². The van der Waals surface area contributed by atoms with Gasteiger partial charge in [-0.2, -0.15) is 18.3 Å². The average molecular weight is 488 g/mol. The van der Waals surface area contributed by atoms with Crippen molar-refractivity contribution >= 4 is 40.5 Å². The zero-order valence-corrected chi connectivity index (χ0v) is 17.7. The van der Waals surface area contributed by atoms with Crippen LogP contribution in [0.4, 0.5) is 24.5 Å². The molecule has 0 radical (unpaired) electrons. The zero-order chi connectivity index (χ0) is 23.6. The smallest absolute Gasteiger partial charge is 0.292 e. The Hall–Kier alpha value is -3.31. The van der Waals surface area contributed by atoms with Crippen LogP contribution in [0.3, 0.4) is 0 Å². The van der Waals surface area contributed by atoms with Gasteiger partial charge in [-0.1, -0.05) is 41.4 Å². The molecule has 2 aromatic carbocycles. The number of carbonyl (C=O) groups is 1. The fraction of sp³-hybridized carbons (Fsp3) is 0.158. The highest BCUT2D eigenvalue weighted by molar-refractivity contribution is 6.33. The number of nitrogens with one attached hydrogen (secondary N) is 2. The third-order valence-corrected chi connectivity index (χ3v) is 5.16. The Morgan fingerprint density at radius 3 is 2.53 bits per heavy atom. The number of alkyl halides is 3. The maximum absolute atomic E-state index is 12.8. The summed E-state index contributed by atoms with van der Waals surface area (Å²) in [5.74, 6) is -0.785. The summed E-state index contributed by atoms with van der Waals surface area (Å²) in [6.07, 6.45) is -4.76. The number of anilines is 1. The highest BCUT2D eigenvalue weighted by Crippen LogP contribution is 2.34. The Bertz CT molecular complexity index is 1200. The van der Waals surface area contributed by atoms with Gasteiger partial charge in [0.05, 0.1) is 22.7 Å². The number of hydrazine groups is 1. The number of aromatic nitrogens is 2. The van der Waals surface area contributed by atoms with E-state index in [1.165, 1.54) is 11.6 Å². The lowest BCUT2D eigenvalue weighted by Gasteiger charge is -2.11. The van der Waals surface area contributed by atoms with Gasteiger partial charge in [0, 0.05) is 11.1 Å². The van der Waals surface area contributed by atoms with E-state index in [0.717, 1.165) is 6.07 Å². The number of nitro groups is 1. The predicted molar refractivity (Wildman–Crippen MR) is 112 cm³/mol. The molecule has 8 nitrogen and oxygen atoms in total. The molecule has 13 heteroatoms. The molecule has 0 unspecified atom stereocenters. The number of halogens is 5. The van der Waals surface area contributed by atoms with E-state index in [4.69, 9.17) is 23.2 Å². The standard InChI is InChI=1S/C19H14Cl2F3N5O3/c1-10-16(17(21)28(27-10)9-11-4-2-3-5-13(11)20)18(30)26-25-14-7-6-12(19(22,23)24)8-15(14)29(31)32/h2-8,25H,9H2,1H3,(H,26,30). The van der Waals surface area contributed by atoms with Crippen molar-refractivity contribution in [1.82, 2.24) is 15.2 Å². The zero-order valence-electron chi connectivity index (χ0n) is 16.2. The van der Waals surface area contributed by atoms with Crippen molar-refractivity contribution in [2.45, 2.75) is 19.6 Å². The van der Waals surface area contributed by atoms with Crippen molar-refractivity contribution in [2.24, 2.45) is 0 Å². The molecule has 2 N–H and O–H groups in total. The Balaban J connectivity index is 1.81. The van der Waals surface area contributed by atoms with Crippen LogP contribution in [0.2, 0.25) is 10.2 Å². The molecule has 0 spiro atoms. The summed E-state index contributed by atoms with van der Waals surface area (Å²) in [4.78, 5) is 22.8. The molecule has 0 saturated heterocycles. The lowest BCUT2D eigenvalue weighted by Crippen LogP contribution is -2.30. The second-order valence-corrected chi connectivity index (χ2v) is 7.33. The molecule has 3 rings (SSSR count). The number of hydrogen-bond donors (Lipinski definition) is 2. The molecule has 168 valence electrons. The monoisotopic (exact) mass is 487 g/mol. The van der Waals surface area contributed by atoms with Crippen LogP contribution < -0.4 is 10.9 Å². The lowest BCUT2D eigenvalue weighted by atomic mass is 10.1. The number of benzene rings is 2. The van der Waals surface area contributed by atoms with Crippen LogP contribution in [0.25, 0.3) is 0 Å². The molecule has 0 aliphatic rings. The van der Waals surface area contributed by atoms with Crippen LogP contribution in [-0.4, -0.2) is 20.6 Å². The molecule has 32 heavy (non-hydrogen) atoms. The Labute approximate surface area is 189 Å². The van der Waals surface area contributed by atoms with Crippen LogP contribution in [0, 0.1) is 17.0 Å². The molecule has 1 amide bonds. The number of hydrogen-bond acceptors (Lipinski definition) is 5. The van der Waals surface area contributed by atoms with Crippen LogP contribution >= 0.6 is 23.2 Å². The SMILES string of the molecule is Cc1nn(Cc2ccccc2Cl)c(Cl)c1C(=O)NNc1ccc(C(F)(F)F)cc1[N+](=O)[O-]. The molecule has 0 aliphatic heterocycles. The molecule has 3 aromatic rings. The second-order valence-electron chi connectivity index (χ2n) is 6.57. The summed E-state index contributed by atoms with van der Waals surface area (Å²) in [6.45, 7) is 1.72. The molecule has 1 aromatic heterocycles. The van der Waals surface area contributed by atoms with Crippen molar-refractivity contribution < 1.29 is 22.9 Å². The van der Waals surface area contributed by atoms with Gasteiger partial charge in [0.25, 0.3) is 11.6 Å². The lowest BCUT2D eigenvalue weighted by molar-refractivity contribution is -0.384. The number of nitrogens with zero attached hydrogens (tertiary/aromatic N) is 3. The molecule has 0 atom stereocenters. The van der Waals surface area contributed by atoms with E-state index in [1.807, 2.05) is 0 Å². The highest BCUT2D eigenvalue weighted by Gasteiger charge is 2.33. The average Bonchev–Trinajstić information content (AvgIpc) is 3.00. The first-order valence-corrected chi connectivity index (χ1v) is 9.63. The van der Waals surface area contributed by atoms with Gasteiger partial charge in [-0.3, -0.25) is 25.8 Å². The minimum atomic E-state index is -4.76. The quantitative estimate of drug-likeness (QED) is 0.366. The largest absolute Gasteiger partial charge is 0.416 e. The topological polar surface area (TPSA) is 102 Å². The maximum atomic E-state index is 12.8. The van der Waals surface area contributed by atoms with E-state index < -0.39 is 28.3 Å². The molecule has 0 aliphatic carbocycles. The normalized spacial score (nSPS) is 11.3. The minimum Gasteiger partial charge on any atom is -0.292 e. The van der Waals surface area contributed by atoms with Crippen molar-refractivity contribution in [3.8, 4) is 0 Å². The molecule has 0 bridgehead atoms. The van der Waals surface area contributed by atoms with Gasteiger partial charge in [0.1, 0.15) is 16.4 Å². The summed E-state index contributed by atoms with van der Waals surface area (Å²) in [6, 6.07) is 8.86. The Morgan fingerprint density at radius 2 is 1.91 bits per heavy atom. The number of amides is 1. The number of carbonyl (C=O) groups excluding carboxylic acids is 1. The summed E-state index contributed by atoms with van der Waals surface area (Å²) in [5.41, 5.74) is 3.04. The number of aryl methyl sites for hydroxylation is 1. The fourth-order valence-corrected chi connectivity index (χ4v) is 3.37. The van der Waals surface area contributed by atoms with Gasteiger partial charge in [0.15, 0.2) is 0 Å². The first-order chi connectivity index (χ1) is 15.0. The Kier molecular flexibility index (Phi) is 6.60. The predicted octanol–water partition coefficient (Wildman–Crippen LogP) is 5.23. The van der Waals surface area contributed by atoms with E-state index in [9.17, 15) is 28.1 Å². The van der Waals surface area contributed by atoms with E-state index in [-0.39, 0.29) is 28.6 Å². The van der Waals surface area contributed by atoms with Crippen molar-refractivity contribution in [2.75, 3.05) is 5.43 Å². The summed E-state index contributed by atoms with van der Waals surface area (Å²) < 4.78 is 39.8. The first-order valence-electron chi connectivity index (χ1n) is 8.87.